The highest BCUT2D eigenvalue weighted by Crippen LogP contribution is 2.47. The summed E-state index contributed by atoms with van der Waals surface area (Å²) in [6, 6.07) is 2.05. The van der Waals surface area contributed by atoms with Crippen molar-refractivity contribution in [3.63, 3.8) is 0 Å². The molecule has 0 saturated heterocycles. The number of nitro groups is 1. The molecule has 0 unspecified atom stereocenters. The molecular weight excluding hydrogens is 449 g/mol. The van der Waals surface area contributed by atoms with Crippen LogP contribution in [0.25, 0.3) is 0 Å². The summed E-state index contributed by atoms with van der Waals surface area (Å²) in [7, 11) is 0. The number of alkyl halides is 6. The van der Waals surface area contributed by atoms with Crippen molar-refractivity contribution in [3.05, 3.63) is 60.6 Å². The van der Waals surface area contributed by atoms with Crippen LogP contribution in [0.5, 0.6) is 0 Å². The smallest absolute Gasteiger partial charge is 0.352 e. The summed E-state index contributed by atoms with van der Waals surface area (Å²) in [5.41, 5.74) is -7.16. The Morgan fingerprint density at radius 3 is 1.56 bits per heavy atom. The molecule has 0 bridgehead atoms. The van der Waals surface area contributed by atoms with Crippen LogP contribution in [0.15, 0.2) is 24.3 Å². The second kappa shape index (κ2) is 7.25. The van der Waals surface area contributed by atoms with Gasteiger partial charge >= 0.3 is 12.4 Å². The van der Waals surface area contributed by atoms with E-state index in [9.17, 15) is 36.5 Å². The van der Waals surface area contributed by atoms with Gasteiger partial charge in [0.2, 0.25) is 0 Å². The Morgan fingerprint density at radius 2 is 1.22 bits per heavy atom. The minimum atomic E-state index is -5.35. The molecule has 0 aliphatic heterocycles. The molecule has 0 amide bonds. The van der Waals surface area contributed by atoms with E-state index < -0.39 is 45.5 Å². The van der Waals surface area contributed by atoms with Gasteiger partial charge in [-0.05, 0) is 12.1 Å². The lowest BCUT2D eigenvalue weighted by Gasteiger charge is -2.21. The van der Waals surface area contributed by atoms with E-state index in [1.54, 1.807) is 0 Å². The molecule has 0 spiro atoms. The van der Waals surface area contributed by atoms with Crippen LogP contribution in [-0.4, -0.2) is 4.92 Å². The van der Waals surface area contributed by atoms with Gasteiger partial charge in [-0.2, -0.15) is 26.3 Å². The Labute approximate surface area is 161 Å². The Bertz CT molecular complexity index is 857. The van der Waals surface area contributed by atoms with Crippen LogP contribution in [0.2, 0.25) is 15.1 Å². The van der Waals surface area contributed by atoms with Crippen molar-refractivity contribution < 1.29 is 31.3 Å². The Kier molecular flexibility index (Phi) is 5.74. The Hall–Kier alpha value is -1.91. The molecule has 0 aromatic heterocycles. The first-order chi connectivity index (χ1) is 12.2. The van der Waals surface area contributed by atoms with Gasteiger partial charge in [-0.3, -0.25) is 10.1 Å². The van der Waals surface area contributed by atoms with E-state index in [1.165, 1.54) is 0 Å². The van der Waals surface area contributed by atoms with Gasteiger partial charge in [0, 0.05) is 17.2 Å². The van der Waals surface area contributed by atoms with Crippen LogP contribution in [0.3, 0.4) is 0 Å². The van der Waals surface area contributed by atoms with E-state index in [2.05, 4.69) is 0 Å². The zero-order valence-corrected chi connectivity index (χ0v) is 14.7. The summed E-state index contributed by atoms with van der Waals surface area (Å²) in [5, 5.41) is 12.0. The van der Waals surface area contributed by atoms with Crippen molar-refractivity contribution in [1.82, 2.24) is 0 Å². The molecule has 0 fully saturated rings. The van der Waals surface area contributed by atoms with Crippen molar-refractivity contribution in [2.45, 2.75) is 12.4 Å². The van der Waals surface area contributed by atoms with E-state index in [0.717, 1.165) is 12.1 Å². The molecule has 0 aliphatic rings. The molecule has 13 heteroatoms. The lowest BCUT2D eigenvalue weighted by molar-refractivity contribution is -0.385. The fourth-order valence-electron chi connectivity index (χ4n) is 2.10. The summed E-state index contributed by atoms with van der Waals surface area (Å²) >= 11 is 17.3. The lowest BCUT2D eigenvalue weighted by Crippen LogP contribution is -2.16. The predicted molar refractivity (Wildman–Crippen MR) is 87.9 cm³/mol. The molecule has 0 aliphatic carbocycles. The summed E-state index contributed by atoms with van der Waals surface area (Å²) in [5.74, 6) is 0. The topological polar surface area (TPSA) is 55.2 Å². The van der Waals surface area contributed by atoms with Crippen molar-refractivity contribution in [2.75, 3.05) is 5.32 Å². The Balaban J connectivity index is 2.83. The number of rotatable bonds is 3. The maximum absolute atomic E-state index is 13.3. The van der Waals surface area contributed by atoms with Gasteiger partial charge in [-0.15, -0.1) is 0 Å². The molecule has 2 aromatic carbocycles. The average molecular weight is 454 g/mol. The first kappa shape index (κ1) is 21.4. The Morgan fingerprint density at radius 1 is 0.815 bits per heavy atom. The zero-order valence-electron chi connectivity index (χ0n) is 12.5. The van der Waals surface area contributed by atoms with Gasteiger partial charge in [0.05, 0.1) is 37.5 Å². The number of hydrogen-bond acceptors (Lipinski definition) is 3. The molecule has 4 nitrogen and oxygen atoms in total. The molecule has 0 heterocycles. The molecule has 27 heavy (non-hydrogen) atoms. The zero-order chi connectivity index (χ0) is 20.7. The summed E-state index contributed by atoms with van der Waals surface area (Å²) < 4.78 is 79.9. The van der Waals surface area contributed by atoms with Crippen LogP contribution < -0.4 is 5.32 Å². The standard InChI is InChI=1S/C14H5Cl3F6N2O2/c15-5-1-9(16)12(10(17)2-5)24-11-7(13(18,19)20)3-6(25(26)27)4-8(11)14(21,22)23/h1-4,24H. The second-order valence-corrected chi connectivity index (χ2v) is 6.29. The first-order valence-corrected chi connectivity index (χ1v) is 7.73. The number of nitro benzene ring substituents is 1. The maximum atomic E-state index is 13.3. The number of anilines is 2. The monoisotopic (exact) mass is 452 g/mol. The number of non-ortho nitro benzene ring substituents is 1. The summed E-state index contributed by atoms with van der Waals surface area (Å²) in [6.45, 7) is 0. The SMILES string of the molecule is O=[N+]([O-])c1cc(C(F)(F)F)c(Nc2c(Cl)cc(Cl)cc2Cl)c(C(F)(F)F)c1. The number of benzene rings is 2. The van der Waals surface area contributed by atoms with Gasteiger partial charge in [-0.25, -0.2) is 0 Å². The van der Waals surface area contributed by atoms with Crippen molar-refractivity contribution >= 4 is 51.9 Å². The summed E-state index contributed by atoms with van der Waals surface area (Å²) in [4.78, 5) is 9.40. The summed E-state index contributed by atoms with van der Waals surface area (Å²) in [6.07, 6.45) is -10.7. The molecule has 2 aromatic rings. The third-order valence-electron chi connectivity index (χ3n) is 3.20. The number of hydrogen-bond donors (Lipinski definition) is 1. The highest BCUT2D eigenvalue weighted by Gasteiger charge is 2.43. The number of nitrogens with one attached hydrogen (secondary N) is 1. The molecular formula is C14H5Cl3F6N2O2. The van der Waals surface area contributed by atoms with Gasteiger partial charge in [0.15, 0.2) is 0 Å². The van der Waals surface area contributed by atoms with Gasteiger partial charge in [-0.1, -0.05) is 34.8 Å². The van der Waals surface area contributed by atoms with E-state index in [-0.39, 0.29) is 27.2 Å². The van der Waals surface area contributed by atoms with Crippen LogP contribution in [0.1, 0.15) is 11.1 Å². The van der Waals surface area contributed by atoms with E-state index >= 15 is 0 Å². The molecule has 2 rings (SSSR count). The fourth-order valence-corrected chi connectivity index (χ4v) is 3.01. The lowest BCUT2D eigenvalue weighted by atomic mass is 10.0. The second-order valence-electron chi connectivity index (χ2n) is 5.04. The molecule has 1 N–H and O–H groups in total. The van der Waals surface area contributed by atoms with E-state index in [4.69, 9.17) is 34.8 Å². The molecule has 0 saturated carbocycles. The maximum Gasteiger partial charge on any atom is 0.418 e. The van der Waals surface area contributed by atoms with Gasteiger partial charge < -0.3 is 5.32 Å². The van der Waals surface area contributed by atoms with E-state index in [1.807, 2.05) is 5.32 Å². The largest absolute Gasteiger partial charge is 0.418 e. The van der Waals surface area contributed by atoms with Gasteiger partial charge in [0.25, 0.3) is 5.69 Å². The van der Waals surface area contributed by atoms with Crippen molar-refractivity contribution in [1.29, 1.82) is 0 Å². The third-order valence-corrected chi connectivity index (χ3v) is 4.02. The van der Waals surface area contributed by atoms with E-state index in [0.29, 0.717) is 0 Å². The van der Waals surface area contributed by atoms with Crippen molar-refractivity contribution in [2.24, 2.45) is 0 Å². The molecule has 0 radical (unpaired) electrons. The predicted octanol–water partition coefficient (Wildman–Crippen LogP) is 7.34. The molecule has 0 atom stereocenters. The van der Waals surface area contributed by atoms with Gasteiger partial charge in [0.1, 0.15) is 0 Å². The fraction of sp³-hybridized carbons (Fsp3) is 0.143. The van der Waals surface area contributed by atoms with Crippen LogP contribution in [0.4, 0.5) is 43.4 Å². The number of nitrogens with zero attached hydrogens (tertiary/aromatic N) is 1. The third kappa shape index (κ3) is 4.69. The minimum absolute atomic E-state index is 0.00802. The van der Waals surface area contributed by atoms with Crippen LogP contribution >= 0.6 is 34.8 Å². The highest BCUT2D eigenvalue weighted by molar-refractivity contribution is 6.41. The first-order valence-electron chi connectivity index (χ1n) is 6.60. The van der Waals surface area contributed by atoms with Crippen LogP contribution in [0, 0.1) is 10.1 Å². The normalized spacial score (nSPS) is 12.2. The quantitative estimate of drug-likeness (QED) is 0.301. The minimum Gasteiger partial charge on any atom is -0.352 e. The average Bonchev–Trinajstić information content (AvgIpc) is 2.48. The highest BCUT2D eigenvalue weighted by atomic mass is 35.5. The van der Waals surface area contributed by atoms with Crippen LogP contribution in [-0.2, 0) is 12.4 Å². The number of halogens is 9. The molecule has 146 valence electrons. The van der Waals surface area contributed by atoms with Crippen molar-refractivity contribution in [3.8, 4) is 0 Å².